The van der Waals surface area contributed by atoms with Crippen LogP contribution >= 0.6 is 0 Å². The minimum absolute atomic E-state index is 0.0428. The van der Waals surface area contributed by atoms with Crippen molar-refractivity contribution >= 4 is 35.1 Å². The highest BCUT2D eigenvalue weighted by atomic mass is 16.5. The Balaban J connectivity index is 1.78. The lowest BCUT2D eigenvalue weighted by Gasteiger charge is -2.13. The van der Waals surface area contributed by atoms with Crippen molar-refractivity contribution in [2.75, 3.05) is 25.6 Å². The van der Waals surface area contributed by atoms with Gasteiger partial charge in [0.25, 0.3) is 11.8 Å². The van der Waals surface area contributed by atoms with E-state index in [1.54, 1.807) is 30.3 Å². The van der Waals surface area contributed by atoms with Crippen LogP contribution in [0.25, 0.3) is 11.6 Å². The first kappa shape index (κ1) is 20.0. The van der Waals surface area contributed by atoms with Crippen LogP contribution in [0.5, 0.6) is 0 Å². The molecular weight excluding hydrogens is 372 g/mol. The number of nitrogens with zero attached hydrogens (tertiary/aromatic N) is 1. The second-order valence-electron chi connectivity index (χ2n) is 6.24. The maximum Gasteiger partial charge on any atom is 0.338 e. The highest BCUT2D eigenvalue weighted by Crippen LogP contribution is 2.22. The molecule has 0 aromatic heterocycles. The number of aliphatic hydroxyl groups is 1. The smallest absolute Gasteiger partial charge is 0.338 e. The summed E-state index contributed by atoms with van der Waals surface area (Å²) in [7, 11) is 1.33. The van der Waals surface area contributed by atoms with E-state index in [9.17, 15) is 14.4 Å². The predicted octanol–water partition coefficient (Wildman–Crippen LogP) is 2.06. The number of hydrogen-bond acceptors (Lipinski definition) is 6. The van der Waals surface area contributed by atoms with E-state index in [-0.39, 0.29) is 18.8 Å². The van der Waals surface area contributed by atoms with Gasteiger partial charge in [-0.1, -0.05) is 42.5 Å². The molecule has 2 aromatic rings. The fraction of sp³-hybridized carbons (Fsp3) is 0.136. The normalized spacial score (nSPS) is 14.1. The van der Waals surface area contributed by atoms with Crippen molar-refractivity contribution in [1.29, 1.82) is 0 Å². The molecule has 0 unspecified atom stereocenters. The molecule has 1 aliphatic heterocycles. The Hall–Kier alpha value is -3.71. The average molecular weight is 392 g/mol. The highest BCUT2D eigenvalue weighted by Gasteiger charge is 2.30. The van der Waals surface area contributed by atoms with E-state index in [1.807, 2.05) is 30.3 Å². The lowest BCUT2D eigenvalue weighted by Crippen LogP contribution is -2.34. The summed E-state index contributed by atoms with van der Waals surface area (Å²) in [5.74, 6) is -1.38. The Morgan fingerprint density at radius 3 is 2.41 bits per heavy atom. The Morgan fingerprint density at radius 2 is 1.79 bits per heavy atom. The van der Waals surface area contributed by atoms with Crippen LogP contribution in [0.2, 0.25) is 0 Å². The Bertz CT molecular complexity index is 978. The Morgan fingerprint density at radius 1 is 1.10 bits per heavy atom. The summed E-state index contributed by atoms with van der Waals surface area (Å²) >= 11 is 0. The highest BCUT2D eigenvalue weighted by molar-refractivity contribution is 6.21. The standard InChI is InChI=1S/C22H20N2O5/c1-29-22(28)18(16-5-3-2-4-6-16)13-15-7-9-17(10-8-15)23-19-14-20(26)24(11-12-25)21(19)27/h2-10,13-14,23,25H,11-12H2,1H3. The number of β-amino-alcohol motifs (C(OH)–C–C–N with tert-alkyl or cyclic N) is 1. The second kappa shape index (κ2) is 8.99. The van der Waals surface area contributed by atoms with E-state index in [4.69, 9.17) is 9.84 Å². The van der Waals surface area contributed by atoms with Gasteiger partial charge in [0.15, 0.2) is 0 Å². The quantitative estimate of drug-likeness (QED) is 0.324. The Labute approximate surface area is 167 Å². The van der Waals surface area contributed by atoms with Gasteiger partial charge in [-0.2, -0.15) is 0 Å². The zero-order valence-corrected chi connectivity index (χ0v) is 15.8. The number of rotatable bonds is 7. The molecule has 2 N–H and O–H groups in total. The topological polar surface area (TPSA) is 95.9 Å². The minimum Gasteiger partial charge on any atom is -0.465 e. The summed E-state index contributed by atoms with van der Waals surface area (Å²) in [4.78, 5) is 37.1. The van der Waals surface area contributed by atoms with Crippen molar-refractivity contribution in [2.24, 2.45) is 0 Å². The lowest BCUT2D eigenvalue weighted by molar-refractivity contribution is -0.138. The third-order valence-corrected chi connectivity index (χ3v) is 4.32. The third-order valence-electron chi connectivity index (χ3n) is 4.32. The summed E-state index contributed by atoms with van der Waals surface area (Å²) < 4.78 is 4.88. The number of anilines is 1. The van der Waals surface area contributed by atoms with Gasteiger partial charge in [-0.15, -0.1) is 0 Å². The molecule has 0 fully saturated rings. The number of methoxy groups -OCH3 is 1. The molecule has 29 heavy (non-hydrogen) atoms. The van der Waals surface area contributed by atoms with Gasteiger partial charge in [0.05, 0.1) is 25.8 Å². The van der Waals surface area contributed by atoms with Crippen molar-refractivity contribution in [1.82, 2.24) is 4.90 Å². The molecule has 0 aliphatic carbocycles. The van der Waals surface area contributed by atoms with Crippen LogP contribution in [0.4, 0.5) is 5.69 Å². The fourth-order valence-electron chi connectivity index (χ4n) is 2.88. The zero-order chi connectivity index (χ0) is 20.8. The van der Waals surface area contributed by atoms with Gasteiger partial charge >= 0.3 is 5.97 Å². The van der Waals surface area contributed by atoms with Crippen molar-refractivity contribution in [3.63, 3.8) is 0 Å². The molecule has 0 spiro atoms. The predicted molar refractivity (Wildman–Crippen MR) is 108 cm³/mol. The monoisotopic (exact) mass is 392 g/mol. The molecule has 0 bridgehead atoms. The molecule has 1 aliphatic rings. The van der Waals surface area contributed by atoms with Crippen molar-refractivity contribution in [3.05, 3.63) is 77.5 Å². The number of amides is 2. The van der Waals surface area contributed by atoms with E-state index in [1.165, 1.54) is 13.2 Å². The molecule has 0 radical (unpaired) electrons. The average Bonchev–Trinajstić information content (AvgIpc) is 3.01. The molecule has 7 heteroatoms. The van der Waals surface area contributed by atoms with Gasteiger partial charge in [-0.25, -0.2) is 4.79 Å². The second-order valence-corrected chi connectivity index (χ2v) is 6.24. The van der Waals surface area contributed by atoms with Crippen LogP contribution < -0.4 is 5.32 Å². The number of aliphatic hydroxyl groups excluding tert-OH is 1. The first-order valence-corrected chi connectivity index (χ1v) is 8.94. The molecule has 148 valence electrons. The maximum atomic E-state index is 12.2. The fourth-order valence-corrected chi connectivity index (χ4v) is 2.88. The summed E-state index contributed by atoms with van der Waals surface area (Å²) in [5, 5.41) is 11.9. The number of ether oxygens (including phenoxy) is 1. The third kappa shape index (κ3) is 4.59. The molecule has 2 aromatic carbocycles. The Kier molecular flexibility index (Phi) is 6.21. The van der Waals surface area contributed by atoms with Gasteiger partial charge in [0, 0.05) is 11.8 Å². The van der Waals surface area contributed by atoms with Crippen LogP contribution in [0.1, 0.15) is 11.1 Å². The van der Waals surface area contributed by atoms with Gasteiger partial charge in [-0.3, -0.25) is 14.5 Å². The van der Waals surface area contributed by atoms with Crippen LogP contribution in [0.3, 0.4) is 0 Å². The molecule has 7 nitrogen and oxygen atoms in total. The number of carbonyl (C=O) groups is 3. The van der Waals surface area contributed by atoms with Crippen LogP contribution in [-0.2, 0) is 19.1 Å². The minimum atomic E-state index is -0.481. The van der Waals surface area contributed by atoms with Crippen LogP contribution in [0.15, 0.2) is 66.4 Å². The van der Waals surface area contributed by atoms with Crippen LogP contribution in [-0.4, -0.2) is 48.1 Å². The number of imide groups is 1. The number of esters is 1. The van der Waals surface area contributed by atoms with E-state index in [0.29, 0.717) is 11.3 Å². The molecular formula is C22H20N2O5. The molecule has 3 rings (SSSR count). The van der Waals surface area contributed by atoms with Gasteiger partial charge < -0.3 is 15.2 Å². The van der Waals surface area contributed by atoms with E-state index < -0.39 is 17.8 Å². The summed E-state index contributed by atoms with van der Waals surface area (Å²) in [6.07, 6.45) is 2.92. The maximum absolute atomic E-state index is 12.2. The first-order valence-electron chi connectivity index (χ1n) is 8.94. The number of nitrogens with one attached hydrogen (secondary N) is 1. The number of benzene rings is 2. The van der Waals surface area contributed by atoms with Crippen molar-refractivity contribution in [3.8, 4) is 0 Å². The molecule has 0 saturated heterocycles. The van der Waals surface area contributed by atoms with Crippen molar-refractivity contribution in [2.45, 2.75) is 0 Å². The first-order chi connectivity index (χ1) is 14.0. The van der Waals surface area contributed by atoms with E-state index in [2.05, 4.69) is 5.32 Å². The largest absolute Gasteiger partial charge is 0.465 e. The number of carbonyl (C=O) groups excluding carboxylic acids is 3. The van der Waals surface area contributed by atoms with Gasteiger partial charge in [-0.05, 0) is 29.3 Å². The van der Waals surface area contributed by atoms with Crippen LogP contribution in [0, 0.1) is 0 Å². The lowest BCUT2D eigenvalue weighted by atomic mass is 10.0. The van der Waals surface area contributed by atoms with E-state index >= 15 is 0 Å². The SMILES string of the molecule is COC(=O)C(=Cc1ccc(NC2=CC(=O)N(CCO)C2=O)cc1)c1ccccc1. The summed E-state index contributed by atoms with van der Waals surface area (Å²) in [6, 6.07) is 16.2. The zero-order valence-electron chi connectivity index (χ0n) is 15.8. The number of hydrogen-bond donors (Lipinski definition) is 2. The molecule has 0 saturated carbocycles. The van der Waals surface area contributed by atoms with Gasteiger partial charge in [0.1, 0.15) is 5.70 Å². The van der Waals surface area contributed by atoms with Gasteiger partial charge in [0.2, 0.25) is 0 Å². The molecule has 1 heterocycles. The molecule has 2 amide bonds. The summed E-state index contributed by atoms with van der Waals surface area (Å²) in [5.41, 5.74) is 2.69. The van der Waals surface area contributed by atoms with Crippen molar-refractivity contribution < 1.29 is 24.2 Å². The summed E-state index contributed by atoms with van der Waals surface area (Å²) in [6.45, 7) is -0.331. The molecule has 0 atom stereocenters. The van der Waals surface area contributed by atoms with E-state index in [0.717, 1.165) is 16.0 Å².